The van der Waals surface area contributed by atoms with Crippen molar-refractivity contribution in [3.63, 3.8) is 0 Å². The first-order valence-electron chi connectivity index (χ1n) is 11.0. The smallest absolute Gasteiger partial charge is 0.332 e. The highest BCUT2D eigenvalue weighted by molar-refractivity contribution is 5.99. The summed E-state index contributed by atoms with van der Waals surface area (Å²) in [6, 6.07) is 6.82. The zero-order chi connectivity index (χ0) is 22.7. The molecule has 1 aliphatic heterocycles. The maximum Gasteiger partial charge on any atom is 0.332 e. The van der Waals surface area contributed by atoms with Crippen molar-refractivity contribution < 1.29 is 19.8 Å². The number of hydrogen-bond donors (Lipinski definition) is 3. The van der Waals surface area contributed by atoms with Crippen LogP contribution in [-0.4, -0.2) is 75.7 Å². The topological polar surface area (TPSA) is 96.9 Å². The van der Waals surface area contributed by atoms with Gasteiger partial charge >= 0.3 is 5.97 Å². The summed E-state index contributed by atoms with van der Waals surface area (Å²) in [6.07, 6.45) is 4.50. The van der Waals surface area contributed by atoms with Crippen LogP contribution in [0.3, 0.4) is 0 Å². The normalized spacial score (nSPS) is 20.9. The predicted molar refractivity (Wildman–Crippen MR) is 122 cm³/mol. The molecular weight excluding hydrogens is 394 g/mol. The number of aliphatic hydroxyl groups is 1. The molecular formula is C24H33N3O4. The molecule has 0 bridgehead atoms. The number of carboxylic acids is 1. The van der Waals surface area contributed by atoms with Crippen molar-refractivity contribution in [3.05, 3.63) is 41.6 Å². The van der Waals surface area contributed by atoms with E-state index in [1.165, 1.54) is 27.6 Å². The first-order chi connectivity index (χ1) is 14.8. The van der Waals surface area contributed by atoms with E-state index in [4.69, 9.17) is 10.2 Å². The zero-order valence-corrected chi connectivity index (χ0v) is 18.8. The van der Waals surface area contributed by atoms with Gasteiger partial charge < -0.3 is 20.1 Å². The Hall–Kier alpha value is -2.64. The monoisotopic (exact) mass is 427 g/mol. The number of aliphatic carboxylic acids is 1. The SMILES string of the molecule is CCC(O)C(=O)O.CCN(CC)C(=O)[C@@H]1C=C2c3cccc4[nH]cc(c34)C[C@H]2N(C)C1. The fourth-order valence-electron chi connectivity index (χ4n) is 4.55. The van der Waals surface area contributed by atoms with Gasteiger partial charge in [0, 0.05) is 42.8 Å². The number of carboxylic acid groups (broad SMARTS) is 1. The Labute approximate surface area is 183 Å². The van der Waals surface area contributed by atoms with Crippen LogP contribution in [0, 0.1) is 5.92 Å². The first kappa shape index (κ1) is 23.0. The van der Waals surface area contributed by atoms with Crippen molar-refractivity contribution in [2.75, 3.05) is 26.7 Å². The van der Waals surface area contributed by atoms with Gasteiger partial charge in [-0.1, -0.05) is 25.1 Å². The van der Waals surface area contributed by atoms with Crippen LogP contribution in [0.4, 0.5) is 0 Å². The fourth-order valence-corrected chi connectivity index (χ4v) is 4.55. The molecule has 1 amide bonds. The Morgan fingerprint density at radius 3 is 2.55 bits per heavy atom. The van der Waals surface area contributed by atoms with E-state index in [1.807, 2.05) is 4.90 Å². The zero-order valence-electron chi connectivity index (χ0n) is 18.8. The van der Waals surface area contributed by atoms with Gasteiger partial charge in [-0.15, -0.1) is 0 Å². The van der Waals surface area contributed by atoms with Crippen LogP contribution >= 0.6 is 0 Å². The summed E-state index contributed by atoms with van der Waals surface area (Å²) >= 11 is 0. The molecule has 2 aliphatic rings. The quantitative estimate of drug-likeness (QED) is 0.682. The maximum absolute atomic E-state index is 12.9. The maximum atomic E-state index is 12.9. The highest BCUT2D eigenvalue weighted by Gasteiger charge is 2.36. The number of fused-ring (bicyclic) bond motifs is 2. The molecule has 7 nitrogen and oxygen atoms in total. The van der Waals surface area contributed by atoms with Crippen LogP contribution in [0.25, 0.3) is 16.5 Å². The van der Waals surface area contributed by atoms with Gasteiger partial charge in [0.25, 0.3) is 0 Å². The molecule has 1 aromatic heterocycles. The number of carbonyl (C=O) groups is 2. The molecule has 0 spiro atoms. The Balaban J connectivity index is 0.000000339. The van der Waals surface area contributed by atoms with Crippen molar-refractivity contribution in [3.8, 4) is 0 Å². The number of nitrogens with zero attached hydrogens (tertiary/aromatic N) is 2. The van der Waals surface area contributed by atoms with E-state index in [2.05, 4.69) is 61.3 Å². The average molecular weight is 428 g/mol. The summed E-state index contributed by atoms with van der Waals surface area (Å²) in [7, 11) is 2.15. The van der Waals surface area contributed by atoms with Crippen molar-refractivity contribution in [1.29, 1.82) is 0 Å². The molecule has 1 aliphatic carbocycles. The lowest BCUT2D eigenvalue weighted by Gasteiger charge is -2.40. The lowest BCUT2D eigenvalue weighted by molar-refractivity contribution is -0.146. The second-order valence-electron chi connectivity index (χ2n) is 8.20. The first-order valence-corrected chi connectivity index (χ1v) is 11.0. The van der Waals surface area contributed by atoms with Gasteiger partial charge in [0.2, 0.25) is 5.91 Å². The summed E-state index contributed by atoms with van der Waals surface area (Å²) in [6.45, 7) is 8.08. The number of rotatable bonds is 5. The third kappa shape index (κ3) is 4.52. The summed E-state index contributed by atoms with van der Waals surface area (Å²) in [5, 5.41) is 17.6. The summed E-state index contributed by atoms with van der Waals surface area (Å²) in [4.78, 5) is 30.2. The van der Waals surface area contributed by atoms with E-state index in [0.29, 0.717) is 6.04 Å². The molecule has 0 saturated heterocycles. The van der Waals surface area contributed by atoms with Gasteiger partial charge in [-0.25, -0.2) is 4.79 Å². The number of aliphatic hydroxyl groups excluding tert-OH is 1. The molecule has 0 radical (unpaired) electrons. The molecule has 1 aromatic carbocycles. The number of carbonyl (C=O) groups excluding carboxylic acids is 1. The number of H-pyrrole nitrogens is 1. The highest BCUT2D eigenvalue weighted by Crippen LogP contribution is 2.40. The standard InChI is InChI=1S/C20H25N3O.C4H8O3/c1-4-23(5-2)20(24)14-9-16-15-7-6-8-17-19(15)13(11-21-17)10-18(16)22(3)12-14;1-2-3(5)4(6)7/h6-9,11,14,18,21H,4-5,10,12H2,1-3H3;3,5H,2H2,1H3,(H,6,7)/t14-,18-;/m1./s1. The lowest BCUT2D eigenvalue weighted by Crippen LogP contribution is -2.47. The van der Waals surface area contributed by atoms with Gasteiger partial charge in [0.15, 0.2) is 6.10 Å². The van der Waals surface area contributed by atoms with Gasteiger partial charge in [-0.2, -0.15) is 0 Å². The highest BCUT2D eigenvalue weighted by atomic mass is 16.4. The van der Waals surface area contributed by atoms with E-state index in [9.17, 15) is 9.59 Å². The minimum atomic E-state index is -1.18. The van der Waals surface area contributed by atoms with E-state index < -0.39 is 12.1 Å². The average Bonchev–Trinajstić information content (AvgIpc) is 3.19. The molecule has 4 rings (SSSR count). The molecule has 168 valence electrons. The van der Waals surface area contributed by atoms with Crippen molar-refractivity contribution in [2.45, 2.75) is 45.8 Å². The van der Waals surface area contributed by atoms with Gasteiger partial charge in [0.05, 0.1) is 5.92 Å². The van der Waals surface area contributed by atoms with Crippen LogP contribution < -0.4 is 0 Å². The Bertz CT molecular complexity index is 976. The molecule has 7 heteroatoms. The third-order valence-electron chi connectivity index (χ3n) is 6.33. The Morgan fingerprint density at radius 2 is 1.97 bits per heavy atom. The number of benzene rings is 1. The number of likely N-dealkylation sites (N-methyl/N-ethyl adjacent to an activating group) is 1. The second-order valence-corrected chi connectivity index (χ2v) is 8.20. The minimum absolute atomic E-state index is 0.0445. The second kappa shape index (κ2) is 9.66. The minimum Gasteiger partial charge on any atom is -0.479 e. The van der Waals surface area contributed by atoms with Crippen LogP contribution in [0.15, 0.2) is 30.5 Å². The molecule has 31 heavy (non-hydrogen) atoms. The lowest BCUT2D eigenvalue weighted by atomic mass is 9.79. The largest absolute Gasteiger partial charge is 0.479 e. The van der Waals surface area contributed by atoms with Crippen molar-refractivity contribution in [2.24, 2.45) is 5.92 Å². The number of hydrogen-bond acceptors (Lipinski definition) is 4. The van der Waals surface area contributed by atoms with Crippen LogP contribution in [0.2, 0.25) is 0 Å². The summed E-state index contributed by atoms with van der Waals surface area (Å²) in [5.41, 5.74) is 5.21. The van der Waals surface area contributed by atoms with Crippen molar-refractivity contribution in [1.82, 2.24) is 14.8 Å². The van der Waals surface area contributed by atoms with E-state index in [-0.39, 0.29) is 18.2 Å². The van der Waals surface area contributed by atoms with Crippen LogP contribution in [0.5, 0.6) is 0 Å². The molecule has 2 heterocycles. The molecule has 3 atom stereocenters. The molecule has 1 unspecified atom stereocenters. The van der Waals surface area contributed by atoms with E-state index in [1.54, 1.807) is 6.92 Å². The fraction of sp³-hybridized carbons (Fsp3) is 0.500. The molecule has 0 fully saturated rings. The van der Waals surface area contributed by atoms with E-state index in [0.717, 1.165) is 26.1 Å². The molecule has 0 saturated carbocycles. The number of amides is 1. The number of nitrogens with one attached hydrogen (secondary N) is 1. The molecule has 3 N–H and O–H groups in total. The van der Waals surface area contributed by atoms with Crippen LogP contribution in [0.1, 0.15) is 38.3 Å². The van der Waals surface area contributed by atoms with Gasteiger partial charge in [-0.3, -0.25) is 9.69 Å². The van der Waals surface area contributed by atoms with E-state index >= 15 is 0 Å². The van der Waals surface area contributed by atoms with Crippen molar-refractivity contribution >= 4 is 28.4 Å². The summed E-state index contributed by atoms with van der Waals surface area (Å²) in [5.74, 6) is -0.941. The Kier molecular flexibility index (Phi) is 7.18. The third-order valence-corrected chi connectivity index (χ3v) is 6.33. The number of aromatic amines is 1. The predicted octanol–water partition coefficient (Wildman–Crippen LogP) is 2.75. The number of aromatic nitrogens is 1. The van der Waals surface area contributed by atoms with Gasteiger partial charge in [-0.05, 0) is 56.5 Å². The summed E-state index contributed by atoms with van der Waals surface area (Å²) < 4.78 is 0. The Morgan fingerprint density at radius 1 is 1.26 bits per heavy atom. The molecule has 2 aromatic rings. The van der Waals surface area contributed by atoms with Crippen LogP contribution in [-0.2, 0) is 16.0 Å². The van der Waals surface area contributed by atoms with Gasteiger partial charge in [0.1, 0.15) is 0 Å².